The number of rotatable bonds is 3. The van der Waals surface area contributed by atoms with Crippen molar-refractivity contribution >= 4 is 5.78 Å². The number of hydrogen-bond donors (Lipinski definition) is 1. The van der Waals surface area contributed by atoms with E-state index in [0.717, 1.165) is 43.4 Å². The van der Waals surface area contributed by atoms with Crippen LogP contribution in [0.1, 0.15) is 77.6 Å². The third-order valence-electron chi connectivity index (χ3n) is 10.2. The van der Waals surface area contributed by atoms with Crippen LogP contribution in [0.25, 0.3) is 0 Å². The van der Waals surface area contributed by atoms with Crippen molar-refractivity contribution in [2.75, 3.05) is 0 Å². The van der Waals surface area contributed by atoms with Crippen LogP contribution < -0.4 is 0 Å². The van der Waals surface area contributed by atoms with Gasteiger partial charge in [0.1, 0.15) is 12.1 Å². The summed E-state index contributed by atoms with van der Waals surface area (Å²) >= 11 is 0. The van der Waals surface area contributed by atoms with Crippen molar-refractivity contribution in [3.8, 4) is 11.8 Å². The molecule has 0 aromatic carbocycles. The van der Waals surface area contributed by atoms with Crippen LogP contribution >= 0.6 is 0 Å². The molecule has 1 aromatic rings. The zero-order valence-electron chi connectivity index (χ0n) is 19.4. The lowest BCUT2D eigenvalue weighted by Crippen LogP contribution is -2.51. The van der Waals surface area contributed by atoms with Crippen LogP contribution in [0.5, 0.6) is 0 Å². The number of nitrogens with zero attached hydrogens (tertiary/aromatic N) is 3. The Kier molecular flexibility index (Phi) is 5.02. The van der Waals surface area contributed by atoms with Gasteiger partial charge in [0.2, 0.25) is 0 Å². The molecule has 5 heteroatoms. The topological polar surface area (TPSA) is 68.0 Å². The van der Waals surface area contributed by atoms with Crippen molar-refractivity contribution in [1.82, 2.24) is 15.0 Å². The monoisotopic (exact) mass is 435 g/mol. The summed E-state index contributed by atoms with van der Waals surface area (Å²) in [6, 6.07) is 0. The molecule has 0 spiro atoms. The zero-order valence-corrected chi connectivity index (χ0v) is 19.4. The van der Waals surface area contributed by atoms with Crippen LogP contribution in [0.15, 0.2) is 12.4 Å². The van der Waals surface area contributed by atoms with Gasteiger partial charge in [0.15, 0.2) is 5.78 Å². The highest BCUT2D eigenvalue weighted by Gasteiger charge is 2.59. The van der Waals surface area contributed by atoms with Crippen LogP contribution in [0.4, 0.5) is 0 Å². The predicted molar refractivity (Wildman–Crippen MR) is 121 cm³/mol. The summed E-state index contributed by atoms with van der Waals surface area (Å²) in [6.45, 7) is 2.73. The summed E-state index contributed by atoms with van der Waals surface area (Å²) in [5.74, 6) is 11.3. The standard InChI is InChI=1S/C27H37N3O2/c1-26-11-9-21-20-10-13-27(32,12-8-18-2-3-18)16-19(20)4-5-22(21)23(26)6-7-24(26)25(31)17-30-28-14-15-29-30/h14-15,18-24,32H,2-7,9-11,13,16-17H2,1H3/t19-,20+,21-,22-,23+,24-,26+,27-/m1/s1. The van der Waals surface area contributed by atoms with Crippen molar-refractivity contribution < 1.29 is 9.90 Å². The Labute approximate surface area is 191 Å². The van der Waals surface area contributed by atoms with Gasteiger partial charge in [-0.1, -0.05) is 18.8 Å². The molecular formula is C27H37N3O2. The fraction of sp³-hybridized carbons (Fsp3) is 0.815. The number of ketones is 1. The molecule has 5 aliphatic rings. The van der Waals surface area contributed by atoms with Crippen LogP contribution in [0.3, 0.4) is 0 Å². The Morgan fingerprint density at radius 3 is 2.56 bits per heavy atom. The molecule has 1 aromatic heterocycles. The molecule has 8 atom stereocenters. The minimum absolute atomic E-state index is 0.142. The second-order valence-corrected chi connectivity index (χ2v) is 12.0. The van der Waals surface area contributed by atoms with Crippen LogP contribution in [0.2, 0.25) is 0 Å². The van der Waals surface area contributed by atoms with E-state index in [1.165, 1.54) is 44.9 Å². The van der Waals surface area contributed by atoms with Crippen molar-refractivity contribution in [2.45, 2.75) is 89.7 Å². The fourth-order valence-corrected chi connectivity index (χ4v) is 8.56. The van der Waals surface area contributed by atoms with E-state index in [0.29, 0.717) is 30.1 Å². The van der Waals surface area contributed by atoms with E-state index in [9.17, 15) is 9.90 Å². The van der Waals surface area contributed by atoms with E-state index < -0.39 is 5.60 Å². The van der Waals surface area contributed by atoms with E-state index >= 15 is 0 Å². The summed E-state index contributed by atoms with van der Waals surface area (Å²) in [5, 5.41) is 19.5. The second-order valence-electron chi connectivity index (χ2n) is 12.0. The number of Topliss-reactive ketones (excluding diaryl/α,β-unsaturated/α-hetero) is 1. The predicted octanol–water partition coefficient (Wildman–Crippen LogP) is 4.26. The number of carbonyl (C=O) groups excluding carboxylic acids is 1. The zero-order chi connectivity index (χ0) is 21.9. The molecule has 0 aliphatic heterocycles. The van der Waals surface area contributed by atoms with Gasteiger partial charge in [-0.3, -0.25) is 4.79 Å². The summed E-state index contributed by atoms with van der Waals surface area (Å²) in [5.41, 5.74) is -0.589. The smallest absolute Gasteiger partial charge is 0.159 e. The number of carbonyl (C=O) groups is 1. The van der Waals surface area contributed by atoms with Crippen LogP contribution in [-0.2, 0) is 11.3 Å². The lowest BCUT2D eigenvalue weighted by atomic mass is 9.49. The second kappa shape index (κ2) is 7.69. The summed E-state index contributed by atoms with van der Waals surface area (Å²) < 4.78 is 0. The Balaban J connectivity index is 1.15. The maximum Gasteiger partial charge on any atom is 0.159 e. The highest BCUT2D eigenvalue weighted by molar-refractivity contribution is 5.81. The van der Waals surface area contributed by atoms with Gasteiger partial charge in [0, 0.05) is 11.8 Å². The normalized spacial score (nSPS) is 45.2. The number of fused-ring (bicyclic) bond motifs is 5. The first kappa shape index (κ1) is 20.9. The molecule has 5 nitrogen and oxygen atoms in total. The van der Waals surface area contributed by atoms with Gasteiger partial charge in [-0.15, -0.1) is 0 Å². The Bertz CT molecular complexity index is 928. The van der Waals surface area contributed by atoms with Gasteiger partial charge in [-0.25, -0.2) is 0 Å². The molecule has 5 saturated carbocycles. The largest absolute Gasteiger partial charge is 0.378 e. The summed E-state index contributed by atoms with van der Waals surface area (Å²) in [7, 11) is 0. The minimum atomic E-state index is -0.731. The maximum absolute atomic E-state index is 13.2. The molecule has 5 fully saturated rings. The Hall–Kier alpha value is -1.67. The fourth-order valence-electron chi connectivity index (χ4n) is 8.56. The summed E-state index contributed by atoms with van der Waals surface area (Å²) in [4.78, 5) is 14.8. The molecule has 5 aliphatic carbocycles. The highest BCUT2D eigenvalue weighted by Crippen LogP contribution is 2.64. The third kappa shape index (κ3) is 3.54. The molecule has 1 N–H and O–H groups in total. The van der Waals surface area contributed by atoms with E-state index in [2.05, 4.69) is 29.0 Å². The molecule has 0 saturated heterocycles. The first-order valence-corrected chi connectivity index (χ1v) is 13.1. The molecule has 0 radical (unpaired) electrons. The SMILES string of the molecule is C[C@]12CC[C@H]3[C@@H](CC[C@@H]4C[C@@](O)(C#CC5CC5)CC[C@@H]43)[C@@H]1CC[C@@H]2C(=O)Cn1nccn1. The van der Waals surface area contributed by atoms with Gasteiger partial charge in [0.05, 0.1) is 12.4 Å². The molecule has 32 heavy (non-hydrogen) atoms. The Morgan fingerprint density at radius 2 is 1.78 bits per heavy atom. The molecule has 172 valence electrons. The van der Waals surface area contributed by atoms with Crippen LogP contribution in [-0.4, -0.2) is 31.5 Å². The molecular weight excluding hydrogens is 398 g/mol. The van der Waals surface area contributed by atoms with Gasteiger partial charge in [-0.05, 0) is 106 Å². The third-order valence-corrected chi connectivity index (χ3v) is 10.2. The molecule has 1 heterocycles. The average molecular weight is 436 g/mol. The lowest BCUT2D eigenvalue weighted by Gasteiger charge is -2.56. The van der Waals surface area contributed by atoms with Crippen molar-refractivity contribution in [2.24, 2.45) is 46.8 Å². The molecule has 0 unspecified atom stereocenters. The van der Waals surface area contributed by atoms with E-state index in [1.54, 1.807) is 17.2 Å². The van der Waals surface area contributed by atoms with Gasteiger partial charge in [0.25, 0.3) is 0 Å². The first-order chi connectivity index (χ1) is 15.5. The van der Waals surface area contributed by atoms with E-state index in [1.807, 2.05) is 0 Å². The molecule has 0 amide bonds. The Morgan fingerprint density at radius 1 is 1.00 bits per heavy atom. The molecule has 6 rings (SSSR count). The number of aliphatic hydroxyl groups is 1. The van der Waals surface area contributed by atoms with Crippen molar-refractivity contribution in [1.29, 1.82) is 0 Å². The first-order valence-electron chi connectivity index (χ1n) is 13.1. The van der Waals surface area contributed by atoms with E-state index in [4.69, 9.17) is 0 Å². The average Bonchev–Trinajstić information content (AvgIpc) is 3.34. The maximum atomic E-state index is 13.2. The number of aromatic nitrogens is 3. The van der Waals surface area contributed by atoms with Gasteiger partial charge >= 0.3 is 0 Å². The lowest BCUT2D eigenvalue weighted by molar-refractivity contribution is -0.132. The van der Waals surface area contributed by atoms with Gasteiger partial charge < -0.3 is 5.11 Å². The quantitative estimate of drug-likeness (QED) is 0.721. The van der Waals surface area contributed by atoms with E-state index in [-0.39, 0.29) is 11.3 Å². The minimum Gasteiger partial charge on any atom is -0.378 e. The number of hydrogen-bond acceptors (Lipinski definition) is 4. The van der Waals surface area contributed by atoms with Gasteiger partial charge in [-0.2, -0.15) is 15.0 Å². The molecule has 0 bridgehead atoms. The highest BCUT2D eigenvalue weighted by atomic mass is 16.3. The van der Waals surface area contributed by atoms with Crippen molar-refractivity contribution in [3.63, 3.8) is 0 Å². The summed E-state index contributed by atoms with van der Waals surface area (Å²) in [6.07, 6.45) is 15.8. The van der Waals surface area contributed by atoms with Crippen LogP contribution in [0, 0.1) is 58.7 Å². The van der Waals surface area contributed by atoms with Crippen molar-refractivity contribution in [3.05, 3.63) is 12.4 Å².